The minimum Gasteiger partial charge on any atom is -0.456 e. The smallest absolute Gasteiger partial charge is 0.303 e. The molecule has 1 heterocycles. The minimum atomic E-state index is -0.0935. The number of fused-ring (bicyclic) bond motifs is 5. The summed E-state index contributed by atoms with van der Waals surface area (Å²) in [6.45, 7) is 9.08. The highest BCUT2D eigenvalue weighted by atomic mass is 16.5. The summed E-state index contributed by atoms with van der Waals surface area (Å²) in [4.78, 5) is 24.4. The Morgan fingerprint density at radius 1 is 1.00 bits per heavy atom. The van der Waals surface area contributed by atoms with Crippen LogP contribution in [0.1, 0.15) is 91.4 Å². The maximum absolute atomic E-state index is 12.2. The van der Waals surface area contributed by atoms with E-state index in [0.29, 0.717) is 29.1 Å². The van der Waals surface area contributed by atoms with Crippen molar-refractivity contribution in [3.8, 4) is 0 Å². The van der Waals surface area contributed by atoms with Crippen LogP contribution in [0.5, 0.6) is 0 Å². The van der Waals surface area contributed by atoms with Gasteiger partial charge >= 0.3 is 5.97 Å². The van der Waals surface area contributed by atoms with Crippen LogP contribution in [0.15, 0.2) is 0 Å². The molecule has 1 saturated heterocycles. The monoisotopic (exact) mass is 430 g/mol. The number of hydrogen-bond donors (Lipinski definition) is 0. The third-order valence-electron chi connectivity index (χ3n) is 11.3. The van der Waals surface area contributed by atoms with Crippen molar-refractivity contribution in [2.24, 2.45) is 34.5 Å². The van der Waals surface area contributed by atoms with Gasteiger partial charge in [-0.15, -0.1) is 0 Å². The van der Waals surface area contributed by atoms with E-state index in [9.17, 15) is 9.59 Å². The van der Waals surface area contributed by atoms with Gasteiger partial charge in [0.25, 0.3) is 0 Å². The van der Waals surface area contributed by atoms with Crippen LogP contribution >= 0.6 is 0 Å². The molecule has 4 aliphatic carbocycles. The zero-order chi connectivity index (χ0) is 22.0. The predicted molar refractivity (Wildman–Crippen MR) is 121 cm³/mol. The van der Waals surface area contributed by atoms with Crippen molar-refractivity contribution in [3.05, 3.63) is 0 Å². The van der Waals surface area contributed by atoms with Crippen molar-refractivity contribution >= 4 is 11.8 Å². The quantitative estimate of drug-likeness (QED) is 0.450. The van der Waals surface area contributed by atoms with Gasteiger partial charge < -0.3 is 9.22 Å². The summed E-state index contributed by atoms with van der Waals surface area (Å²) >= 11 is 0. The molecule has 0 unspecified atom stereocenters. The molecule has 0 spiro atoms. The van der Waals surface area contributed by atoms with E-state index in [1.807, 2.05) is 0 Å². The fraction of sp³-hybridized carbons (Fsp3) is 0.926. The fourth-order valence-electron chi connectivity index (χ4n) is 9.55. The molecule has 1 aliphatic heterocycles. The molecule has 0 N–H and O–H groups in total. The normalized spacial score (nSPS) is 49.0. The van der Waals surface area contributed by atoms with Crippen molar-refractivity contribution in [2.75, 3.05) is 20.1 Å². The van der Waals surface area contributed by atoms with Gasteiger partial charge in [-0.05, 0) is 80.5 Å². The van der Waals surface area contributed by atoms with Crippen molar-refractivity contribution < 1.29 is 18.8 Å². The molecule has 31 heavy (non-hydrogen) atoms. The molecule has 0 bridgehead atoms. The standard InChI is InChI=1S/C27H44NO3/c1-18(29)31-25-24(28(4)14-6-5-7-15-28)17-23-21-9-8-19-16-20(30)10-12-26(19,2)22(21)11-13-27(23,25)3/h19,21-25H,5-17H2,1-4H3/q+1/t19-,21+,22-,23-,24-,25-,26-,27-/m0/s1. The summed E-state index contributed by atoms with van der Waals surface area (Å²) < 4.78 is 7.35. The maximum Gasteiger partial charge on any atom is 0.303 e. The lowest BCUT2D eigenvalue weighted by Gasteiger charge is -2.59. The first kappa shape index (κ1) is 21.9. The van der Waals surface area contributed by atoms with Gasteiger partial charge in [-0.2, -0.15) is 0 Å². The second-order valence-electron chi connectivity index (χ2n) is 12.8. The van der Waals surface area contributed by atoms with Gasteiger partial charge in [-0.25, -0.2) is 0 Å². The number of carbonyl (C=O) groups is 2. The van der Waals surface area contributed by atoms with Crippen LogP contribution in [0, 0.1) is 34.5 Å². The Morgan fingerprint density at radius 3 is 2.45 bits per heavy atom. The SMILES string of the molecule is CC(=O)O[C@H]1[C@@H]([N+]2(C)CCCCC2)C[C@H]2[C@@H]3CC[C@H]4CC(=O)CC[C@]4(C)[C@H]3CC[C@@]21C. The van der Waals surface area contributed by atoms with Crippen LogP contribution in [0.2, 0.25) is 0 Å². The van der Waals surface area contributed by atoms with Gasteiger partial charge in [-0.3, -0.25) is 9.59 Å². The number of rotatable bonds is 2. The molecule has 4 heteroatoms. The van der Waals surface area contributed by atoms with E-state index >= 15 is 0 Å². The Balaban J connectivity index is 1.47. The molecule has 4 saturated carbocycles. The number of carbonyl (C=O) groups excluding carboxylic acids is 2. The first-order chi connectivity index (χ1) is 14.7. The summed E-state index contributed by atoms with van der Waals surface area (Å²) in [7, 11) is 2.45. The van der Waals surface area contributed by atoms with Crippen molar-refractivity contribution in [3.63, 3.8) is 0 Å². The van der Waals surface area contributed by atoms with Crippen LogP contribution in [-0.2, 0) is 14.3 Å². The fourth-order valence-corrected chi connectivity index (χ4v) is 9.55. The van der Waals surface area contributed by atoms with Gasteiger partial charge in [-0.1, -0.05) is 13.8 Å². The van der Waals surface area contributed by atoms with Gasteiger partial charge in [0.15, 0.2) is 6.10 Å². The van der Waals surface area contributed by atoms with E-state index in [-0.39, 0.29) is 17.5 Å². The second-order valence-corrected chi connectivity index (χ2v) is 12.8. The van der Waals surface area contributed by atoms with Crippen molar-refractivity contribution in [2.45, 2.75) is 104 Å². The molecule has 174 valence electrons. The minimum absolute atomic E-state index is 0.0671. The van der Waals surface area contributed by atoms with Crippen LogP contribution in [0.25, 0.3) is 0 Å². The van der Waals surface area contributed by atoms with Crippen LogP contribution < -0.4 is 0 Å². The van der Waals surface area contributed by atoms with Crippen molar-refractivity contribution in [1.82, 2.24) is 0 Å². The lowest BCUT2D eigenvalue weighted by atomic mass is 9.45. The molecule has 4 nitrogen and oxygen atoms in total. The summed E-state index contributed by atoms with van der Waals surface area (Å²) in [5.41, 5.74) is 0.459. The average molecular weight is 431 g/mol. The topological polar surface area (TPSA) is 43.4 Å². The van der Waals surface area contributed by atoms with Crippen molar-refractivity contribution in [1.29, 1.82) is 0 Å². The Bertz CT molecular complexity index is 743. The molecule has 0 aromatic heterocycles. The number of ether oxygens (including phenoxy) is 1. The molecule has 0 amide bonds. The highest BCUT2D eigenvalue weighted by molar-refractivity contribution is 5.79. The number of likely N-dealkylation sites (tertiary alicyclic amines) is 1. The number of piperidine rings is 1. The van der Waals surface area contributed by atoms with E-state index in [0.717, 1.165) is 35.6 Å². The molecule has 8 atom stereocenters. The molecule has 0 radical (unpaired) electrons. The number of hydrogen-bond acceptors (Lipinski definition) is 3. The lowest BCUT2D eigenvalue weighted by molar-refractivity contribution is -0.940. The number of esters is 1. The zero-order valence-corrected chi connectivity index (χ0v) is 20.3. The number of likely N-dealkylation sites (N-methyl/N-ethyl adjacent to an activating group) is 1. The zero-order valence-electron chi connectivity index (χ0n) is 20.3. The second kappa shape index (κ2) is 7.57. The molecular weight excluding hydrogens is 386 g/mol. The van der Waals surface area contributed by atoms with Crippen LogP contribution in [0.3, 0.4) is 0 Å². The van der Waals surface area contributed by atoms with E-state index in [2.05, 4.69) is 20.9 Å². The number of Topliss-reactive ketones (excluding diaryl/α,β-unsaturated/α-hetero) is 1. The first-order valence-electron chi connectivity index (χ1n) is 13.2. The highest BCUT2D eigenvalue weighted by Crippen LogP contribution is 2.67. The third-order valence-corrected chi connectivity index (χ3v) is 11.3. The van der Waals surface area contributed by atoms with E-state index in [1.54, 1.807) is 6.92 Å². The molecule has 5 rings (SSSR count). The van der Waals surface area contributed by atoms with E-state index in [1.165, 1.54) is 64.5 Å². The molecule has 5 aliphatic rings. The molecule has 5 fully saturated rings. The number of nitrogens with zero attached hydrogens (tertiary/aromatic N) is 1. The van der Waals surface area contributed by atoms with E-state index < -0.39 is 0 Å². The number of ketones is 1. The van der Waals surface area contributed by atoms with Gasteiger partial charge in [0.1, 0.15) is 11.8 Å². The summed E-state index contributed by atoms with van der Waals surface area (Å²) in [5, 5.41) is 0. The maximum atomic E-state index is 12.2. The summed E-state index contributed by atoms with van der Waals surface area (Å²) in [6.07, 6.45) is 12.9. The number of quaternary nitrogens is 1. The van der Waals surface area contributed by atoms with Gasteiger partial charge in [0, 0.05) is 31.6 Å². The Morgan fingerprint density at radius 2 is 1.74 bits per heavy atom. The molecule has 0 aromatic carbocycles. The summed E-state index contributed by atoms with van der Waals surface area (Å²) in [5.74, 6) is 3.16. The molecular formula is C27H44NO3+. The Labute approximate surface area is 189 Å². The summed E-state index contributed by atoms with van der Waals surface area (Å²) in [6, 6.07) is 0.455. The van der Waals surface area contributed by atoms with Crippen LogP contribution in [0.4, 0.5) is 0 Å². The Hall–Kier alpha value is -0.900. The molecule has 0 aromatic rings. The van der Waals surface area contributed by atoms with Gasteiger partial charge in [0.2, 0.25) is 0 Å². The van der Waals surface area contributed by atoms with Crippen LogP contribution in [-0.4, -0.2) is 48.5 Å². The average Bonchev–Trinajstić information content (AvgIpc) is 3.02. The predicted octanol–water partition coefficient (Wildman–Crippen LogP) is 5.14. The first-order valence-corrected chi connectivity index (χ1v) is 13.2. The van der Waals surface area contributed by atoms with E-state index in [4.69, 9.17) is 4.74 Å². The lowest BCUT2D eigenvalue weighted by Crippen LogP contribution is -2.60. The highest BCUT2D eigenvalue weighted by Gasteiger charge is 2.66. The third kappa shape index (κ3) is 3.33. The Kier molecular flexibility index (Phi) is 5.35. The largest absolute Gasteiger partial charge is 0.456 e. The van der Waals surface area contributed by atoms with Gasteiger partial charge in [0.05, 0.1) is 20.1 Å².